The van der Waals surface area contributed by atoms with Crippen molar-refractivity contribution in [3.05, 3.63) is 0 Å². The van der Waals surface area contributed by atoms with Crippen molar-refractivity contribution in [2.45, 2.75) is 20.8 Å². The topological polar surface area (TPSA) is 59.2 Å². The Balaban J connectivity index is 0. The Hall–Kier alpha value is 0.424. The van der Waals surface area contributed by atoms with Gasteiger partial charge in [0.25, 0.3) is 0 Å². The molecule has 2 N–H and O–H groups in total. The monoisotopic (exact) mass is 204 g/mol. The Labute approximate surface area is 73.8 Å². The molecule has 4 nitrogen and oxygen atoms in total. The molecular formula is C6H17O4V. The molecule has 11 heavy (non-hydrogen) atoms. The molecule has 0 aliphatic heterocycles. The average Bonchev–Trinajstić information content (AvgIpc) is 1.90. The molecule has 0 fully saturated rings. The molecule has 0 saturated heterocycles. The molecule has 70 valence electrons. The molecule has 0 saturated carbocycles. The van der Waals surface area contributed by atoms with Gasteiger partial charge in [-0.15, -0.1) is 0 Å². The van der Waals surface area contributed by atoms with Gasteiger partial charge in [-0.1, -0.05) is 0 Å². The van der Waals surface area contributed by atoms with Crippen LogP contribution < -0.4 is 0 Å². The fraction of sp³-hybridized carbons (Fsp3) is 1.00. The fourth-order valence-electron chi connectivity index (χ4n) is 0.428. The van der Waals surface area contributed by atoms with Crippen molar-refractivity contribution in [2.75, 3.05) is 19.8 Å². The van der Waals surface area contributed by atoms with E-state index in [2.05, 4.69) is 0 Å². The molecule has 0 amide bonds. The van der Waals surface area contributed by atoms with Crippen LogP contribution in [0.1, 0.15) is 20.8 Å². The van der Waals surface area contributed by atoms with Crippen LogP contribution in [-0.2, 0) is 27.2 Å². The minimum absolute atomic E-state index is 0. The van der Waals surface area contributed by atoms with Gasteiger partial charge < -0.3 is 5.48 Å². The largest absolute Gasteiger partial charge is 0.412 e. The molecule has 0 unspecified atom stereocenters. The molecule has 5 heteroatoms. The summed E-state index contributed by atoms with van der Waals surface area (Å²) in [5.74, 6) is 0. The molecule has 0 aromatic carbocycles. The molecule has 0 rings (SSSR count). The molecule has 0 aliphatic carbocycles. The SMILES string of the molecule is CC[O][V]([O]CC)[O]CC.O. The first-order valence-corrected chi connectivity index (χ1v) is 5.25. The molecule has 0 atom stereocenters. The maximum absolute atomic E-state index is 5.22. The zero-order valence-electron chi connectivity index (χ0n) is 7.29. The van der Waals surface area contributed by atoms with Crippen molar-refractivity contribution in [1.82, 2.24) is 0 Å². The minimum atomic E-state index is -1.80. The van der Waals surface area contributed by atoms with Crippen LogP contribution in [0.2, 0.25) is 0 Å². The predicted molar refractivity (Wildman–Crippen MR) is 38.5 cm³/mol. The summed E-state index contributed by atoms with van der Waals surface area (Å²) in [5, 5.41) is 0. The zero-order chi connectivity index (χ0) is 7.82. The van der Waals surface area contributed by atoms with Crippen molar-refractivity contribution < 1.29 is 32.7 Å². The van der Waals surface area contributed by atoms with Crippen LogP contribution >= 0.6 is 0 Å². The van der Waals surface area contributed by atoms with Gasteiger partial charge in [0.1, 0.15) is 0 Å². The van der Waals surface area contributed by atoms with Crippen molar-refractivity contribution in [3.63, 3.8) is 0 Å². The molecule has 0 aliphatic rings. The molecule has 0 radical (unpaired) electrons. The second-order valence-electron chi connectivity index (χ2n) is 1.48. The summed E-state index contributed by atoms with van der Waals surface area (Å²) >= 11 is -1.80. The molecule has 0 aromatic rings. The van der Waals surface area contributed by atoms with E-state index in [0.29, 0.717) is 19.8 Å². The smallest absolute Gasteiger partial charge is 0.412 e. The Morgan fingerprint density at radius 2 is 1.09 bits per heavy atom. The second kappa shape index (κ2) is 10.4. The number of rotatable bonds is 6. The van der Waals surface area contributed by atoms with Crippen molar-refractivity contribution in [3.8, 4) is 0 Å². The van der Waals surface area contributed by atoms with Crippen LogP contribution in [0.3, 0.4) is 0 Å². The normalized spacial score (nSPS) is 9.82. The third-order valence-corrected chi connectivity index (χ3v) is 2.90. The summed E-state index contributed by atoms with van der Waals surface area (Å²) in [7, 11) is 0. The van der Waals surface area contributed by atoms with E-state index in [9.17, 15) is 0 Å². The average molecular weight is 204 g/mol. The maximum Gasteiger partial charge on any atom is -0.412 e. The van der Waals surface area contributed by atoms with Crippen molar-refractivity contribution in [1.29, 1.82) is 0 Å². The van der Waals surface area contributed by atoms with E-state index in [-0.39, 0.29) is 5.48 Å². The van der Waals surface area contributed by atoms with E-state index in [1.807, 2.05) is 20.8 Å². The Bertz CT molecular complexity index is 57.3. The van der Waals surface area contributed by atoms with E-state index in [1.165, 1.54) is 0 Å². The van der Waals surface area contributed by atoms with Crippen LogP contribution in [0.25, 0.3) is 0 Å². The number of hydrogen-bond donors (Lipinski definition) is 0. The summed E-state index contributed by atoms with van der Waals surface area (Å²) in [6, 6.07) is 0. The molecule has 0 bridgehead atoms. The second-order valence-corrected chi connectivity index (χ2v) is 3.38. The van der Waals surface area contributed by atoms with E-state index in [0.717, 1.165) is 0 Å². The van der Waals surface area contributed by atoms with Crippen LogP contribution in [-0.4, -0.2) is 25.3 Å². The molecular weight excluding hydrogens is 187 g/mol. The van der Waals surface area contributed by atoms with Crippen LogP contribution in [0, 0.1) is 0 Å². The maximum atomic E-state index is 5.22. The third kappa shape index (κ3) is 8.33. The molecule has 0 heterocycles. The summed E-state index contributed by atoms with van der Waals surface area (Å²) in [5.41, 5.74) is 0. The first-order chi connectivity index (χ1) is 4.85. The van der Waals surface area contributed by atoms with Gasteiger partial charge in [-0.25, -0.2) is 0 Å². The van der Waals surface area contributed by atoms with Gasteiger partial charge in [0.2, 0.25) is 0 Å². The van der Waals surface area contributed by atoms with E-state index >= 15 is 0 Å². The van der Waals surface area contributed by atoms with Crippen LogP contribution in [0.4, 0.5) is 0 Å². The Morgan fingerprint density at radius 1 is 0.818 bits per heavy atom. The van der Waals surface area contributed by atoms with Crippen molar-refractivity contribution in [2.24, 2.45) is 0 Å². The molecule has 0 spiro atoms. The number of hydrogen-bond acceptors (Lipinski definition) is 3. The van der Waals surface area contributed by atoms with Crippen molar-refractivity contribution >= 4 is 0 Å². The summed E-state index contributed by atoms with van der Waals surface area (Å²) in [4.78, 5) is 0. The molecule has 0 aromatic heterocycles. The first kappa shape index (κ1) is 14.0. The van der Waals surface area contributed by atoms with Crippen LogP contribution in [0.5, 0.6) is 0 Å². The van der Waals surface area contributed by atoms with E-state index in [1.54, 1.807) is 0 Å². The van der Waals surface area contributed by atoms with Gasteiger partial charge in [0, 0.05) is 0 Å². The van der Waals surface area contributed by atoms with Crippen LogP contribution in [0.15, 0.2) is 0 Å². The summed E-state index contributed by atoms with van der Waals surface area (Å²) in [6.07, 6.45) is 0. The van der Waals surface area contributed by atoms with Gasteiger partial charge in [0.05, 0.1) is 0 Å². The van der Waals surface area contributed by atoms with E-state index < -0.39 is 16.2 Å². The standard InChI is InChI=1S/3C2H5O.H2O.V/c3*1-2-3;;/h3*2H2,1H3;1H2;/q3*-1;;+3. The summed E-state index contributed by atoms with van der Waals surface area (Å²) in [6.45, 7) is 7.87. The Kier molecular flexibility index (Phi) is 13.2. The van der Waals surface area contributed by atoms with Gasteiger partial charge in [0.15, 0.2) is 0 Å². The van der Waals surface area contributed by atoms with Gasteiger partial charge in [-0.05, 0) is 0 Å². The third-order valence-electron chi connectivity index (χ3n) is 0.704. The fourth-order valence-corrected chi connectivity index (χ4v) is 1.76. The van der Waals surface area contributed by atoms with Gasteiger partial charge >= 0.3 is 67.8 Å². The first-order valence-electron chi connectivity index (χ1n) is 3.54. The van der Waals surface area contributed by atoms with E-state index in [4.69, 9.17) is 11.0 Å². The van der Waals surface area contributed by atoms with Gasteiger partial charge in [-0.3, -0.25) is 0 Å². The minimum Gasteiger partial charge on any atom is -0.412 e. The zero-order valence-corrected chi connectivity index (χ0v) is 8.69. The quantitative estimate of drug-likeness (QED) is 0.637. The Morgan fingerprint density at radius 3 is 1.27 bits per heavy atom. The summed E-state index contributed by atoms with van der Waals surface area (Å²) < 4.78 is 15.7. The van der Waals surface area contributed by atoms with Gasteiger partial charge in [-0.2, -0.15) is 0 Å². The predicted octanol–water partition coefficient (Wildman–Crippen LogP) is 0.634.